The highest BCUT2D eigenvalue weighted by Gasteiger charge is 2.34. The highest BCUT2D eigenvalue weighted by atomic mass is 16.5. The fourth-order valence-electron chi connectivity index (χ4n) is 5.25. The molecule has 0 unspecified atom stereocenters. The van der Waals surface area contributed by atoms with E-state index in [1.165, 1.54) is 23.2 Å². The number of benzene rings is 1. The van der Waals surface area contributed by atoms with Crippen LogP contribution in [-0.2, 0) is 19.3 Å². The van der Waals surface area contributed by atoms with E-state index >= 15 is 0 Å². The van der Waals surface area contributed by atoms with E-state index in [-0.39, 0.29) is 11.3 Å². The number of aryl methyl sites for hydroxylation is 2. The lowest BCUT2D eigenvalue weighted by molar-refractivity contribution is 0.0678. The second kappa shape index (κ2) is 9.05. The summed E-state index contributed by atoms with van der Waals surface area (Å²) in [5.74, 6) is 2.36. The Balaban J connectivity index is 1.34. The van der Waals surface area contributed by atoms with Gasteiger partial charge >= 0.3 is 0 Å². The minimum absolute atomic E-state index is 0.121. The van der Waals surface area contributed by atoms with Crippen molar-refractivity contribution >= 4 is 5.91 Å². The van der Waals surface area contributed by atoms with Crippen LogP contribution in [0, 0.1) is 17.3 Å². The Morgan fingerprint density at radius 1 is 1.19 bits per heavy atom. The molecule has 1 fully saturated rings. The zero-order valence-electron chi connectivity index (χ0n) is 19.5. The number of aromatic nitrogens is 2. The first kappa shape index (κ1) is 21.9. The molecule has 1 amide bonds. The van der Waals surface area contributed by atoms with Crippen LogP contribution in [0.2, 0.25) is 0 Å². The minimum Gasteiger partial charge on any atom is -0.496 e. The van der Waals surface area contributed by atoms with Gasteiger partial charge in [0.1, 0.15) is 5.75 Å². The van der Waals surface area contributed by atoms with Crippen molar-refractivity contribution in [3.05, 3.63) is 46.8 Å². The van der Waals surface area contributed by atoms with E-state index in [1.807, 2.05) is 17.0 Å². The first-order chi connectivity index (χ1) is 14.9. The van der Waals surface area contributed by atoms with Crippen LogP contribution in [0.3, 0.4) is 0 Å². The van der Waals surface area contributed by atoms with E-state index in [4.69, 9.17) is 4.74 Å². The highest BCUT2D eigenvalue weighted by Crippen LogP contribution is 2.38. The number of ether oxygens (including phenoxy) is 1. The summed E-state index contributed by atoms with van der Waals surface area (Å²) in [5, 5.41) is 7.64. The maximum Gasteiger partial charge on any atom is 0.274 e. The SMILES string of the molecule is COc1ccccc1CCC1CCN(C(=O)c2n[nH]c3c2C[C@H](C(C)(C)C)CC3)CC1. The Kier molecular flexibility index (Phi) is 6.40. The van der Waals surface area contributed by atoms with E-state index < -0.39 is 0 Å². The fraction of sp³-hybridized carbons (Fsp3) is 0.615. The number of H-pyrrole nitrogens is 1. The number of para-hydroxylation sites is 1. The van der Waals surface area contributed by atoms with Crippen LogP contribution >= 0.6 is 0 Å². The number of amides is 1. The largest absolute Gasteiger partial charge is 0.496 e. The Hall–Kier alpha value is -2.30. The molecule has 168 valence electrons. The molecule has 1 N–H and O–H groups in total. The number of hydrogen-bond acceptors (Lipinski definition) is 3. The number of aromatic amines is 1. The van der Waals surface area contributed by atoms with Crippen LogP contribution in [0.1, 0.15) is 73.8 Å². The van der Waals surface area contributed by atoms with E-state index in [2.05, 4.69) is 43.1 Å². The predicted octanol–water partition coefficient (Wildman–Crippen LogP) is 5.05. The van der Waals surface area contributed by atoms with Crippen LogP contribution in [0.5, 0.6) is 5.75 Å². The average Bonchev–Trinajstić information content (AvgIpc) is 3.20. The topological polar surface area (TPSA) is 58.2 Å². The standard InChI is InChI=1S/C26H37N3O2/c1-26(2,3)20-11-12-22-21(17-20)24(28-27-22)25(30)29-15-13-18(14-16-29)9-10-19-7-5-6-8-23(19)31-4/h5-8,18,20H,9-17H2,1-4H3,(H,27,28)/t20-/m1/s1. The number of likely N-dealkylation sites (tertiary alicyclic amines) is 1. The van der Waals surface area contributed by atoms with Gasteiger partial charge in [-0.2, -0.15) is 5.10 Å². The monoisotopic (exact) mass is 423 g/mol. The molecule has 31 heavy (non-hydrogen) atoms. The van der Waals surface area contributed by atoms with Crippen LogP contribution in [0.25, 0.3) is 0 Å². The minimum atomic E-state index is 0.121. The summed E-state index contributed by atoms with van der Waals surface area (Å²) >= 11 is 0. The number of carbonyl (C=O) groups excluding carboxylic acids is 1. The molecule has 0 radical (unpaired) electrons. The number of fused-ring (bicyclic) bond motifs is 1. The molecule has 4 rings (SSSR count). The Morgan fingerprint density at radius 2 is 1.94 bits per heavy atom. The zero-order chi connectivity index (χ0) is 22.0. The molecule has 1 atom stereocenters. The predicted molar refractivity (Wildman–Crippen MR) is 124 cm³/mol. The number of piperidine rings is 1. The third-order valence-electron chi connectivity index (χ3n) is 7.49. The molecule has 5 heteroatoms. The third-order valence-corrected chi connectivity index (χ3v) is 7.49. The lowest BCUT2D eigenvalue weighted by atomic mass is 9.71. The van der Waals surface area contributed by atoms with Crippen molar-refractivity contribution in [1.29, 1.82) is 0 Å². The lowest BCUT2D eigenvalue weighted by Gasteiger charge is -2.34. The molecule has 1 aliphatic carbocycles. The smallest absolute Gasteiger partial charge is 0.274 e. The van der Waals surface area contributed by atoms with Gasteiger partial charge in [-0.25, -0.2) is 0 Å². The molecule has 0 saturated carbocycles. The van der Waals surface area contributed by atoms with Crippen molar-refractivity contribution in [2.75, 3.05) is 20.2 Å². The van der Waals surface area contributed by atoms with Crippen molar-refractivity contribution in [2.24, 2.45) is 17.3 Å². The van der Waals surface area contributed by atoms with Gasteiger partial charge in [0, 0.05) is 24.3 Å². The van der Waals surface area contributed by atoms with Gasteiger partial charge in [0.2, 0.25) is 0 Å². The molecule has 1 aromatic carbocycles. The van der Waals surface area contributed by atoms with Crippen molar-refractivity contribution in [1.82, 2.24) is 15.1 Å². The highest BCUT2D eigenvalue weighted by molar-refractivity contribution is 5.94. The van der Waals surface area contributed by atoms with Crippen molar-refractivity contribution < 1.29 is 9.53 Å². The second-order valence-electron chi connectivity index (χ2n) is 10.4. The van der Waals surface area contributed by atoms with Gasteiger partial charge in [-0.05, 0) is 73.8 Å². The van der Waals surface area contributed by atoms with E-state index in [0.717, 1.165) is 57.4 Å². The number of nitrogens with zero attached hydrogens (tertiary/aromatic N) is 2. The van der Waals surface area contributed by atoms with Gasteiger partial charge in [-0.15, -0.1) is 0 Å². The van der Waals surface area contributed by atoms with E-state index in [0.29, 0.717) is 17.5 Å². The molecule has 5 nitrogen and oxygen atoms in total. The van der Waals surface area contributed by atoms with Crippen LogP contribution in [0.4, 0.5) is 0 Å². The number of carbonyl (C=O) groups is 1. The van der Waals surface area contributed by atoms with Crippen molar-refractivity contribution in [3.63, 3.8) is 0 Å². The molecule has 2 aromatic rings. The van der Waals surface area contributed by atoms with Crippen LogP contribution in [0.15, 0.2) is 24.3 Å². The number of rotatable bonds is 5. The molecule has 1 aliphatic heterocycles. The Labute approximate surface area is 186 Å². The lowest BCUT2D eigenvalue weighted by Crippen LogP contribution is -2.39. The van der Waals surface area contributed by atoms with Crippen LogP contribution in [-0.4, -0.2) is 41.2 Å². The average molecular weight is 424 g/mol. The summed E-state index contributed by atoms with van der Waals surface area (Å²) in [6.07, 6.45) is 7.45. The van der Waals surface area contributed by atoms with Crippen molar-refractivity contribution in [2.45, 2.75) is 65.7 Å². The van der Waals surface area contributed by atoms with Gasteiger partial charge in [-0.1, -0.05) is 39.0 Å². The summed E-state index contributed by atoms with van der Waals surface area (Å²) in [4.78, 5) is 15.3. The van der Waals surface area contributed by atoms with Gasteiger partial charge in [0.15, 0.2) is 5.69 Å². The maximum atomic E-state index is 13.3. The van der Waals surface area contributed by atoms with Gasteiger partial charge < -0.3 is 9.64 Å². The molecule has 1 saturated heterocycles. The summed E-state index contributed by atoms with van der Waals surface area (Å²) in [5.41, 5.74) is 4.57. The molecular formula is C26H37N3O2. The Morgan fingerprint density at radius 3 is 2.65 bits per heavy atom. The fourth-order valence-corrected chi connectivity index (χ4v) is 5.25. The molecular weight excluding hydrogens is 386 g/mol. The summed E-state index contributed by atoms with van der Waals surface area (Å²) in [7, 11) is 1.74. The second-order valence-corrected chi connectivity index (χ2v) is 10.4. The molecule has 2 aliphatic rings. The quantitative estimate of drug-likeness (QED) is 0.732. The summed E-state index contributed by atoms with van der Waals surface area (Å²) < 4.78 is 5.49. The maximum absolute atomic E-state index is 13.3. The van der Waals surface area contributed by atoms with Crippen molar-refractivity contribution in [3.8, 4) is 5.75 Å². The van der Waals surface area contributed by atoms with Gasteiger partial charge in [0.05, 0.1) is 7.11 Å². The number of nitrogens with one attached hydrogen (secondary N) is 1. The molecule has 1 aromatic heterocycles. The zero-order valence-corrected chi connectivity index (χ0v) is 19.5. The summed E-state index contributed by atoms with van der Waals surface area (Å²) in [6.45, 7) is 8.58. The van der Waals surface area contributed by atoms with Gasteiger partial charge in [0.25, 0.3) is 5.91 Å². The van der Waals surface area contributed by atoms with Crippen LogP contribution < -0.4 is 4.74 Å². The van der Waals surface area contributed by atoms with E-state index in [1.54, 1.807) is 7.11 Å². The normalized spacial score (nSPS) is 19.9. The first-order valence-corrected chi connectivity index (χ1v) is 11.8. The first-order valence-electron chi connectivity index (χ1n) is 11.8. The molecule has 2 heterocycles. The molecule has 0 bridgehead atoms. The summed E-state index contributed by atoms with van der Waals surface area (Å²) in [6, 6.07) is 8.28. The Bertz CT molecular complexity index is 904. The molecule has 0 spiro atoms. The number of hydrogen-bond donors (Lipinski definition) is 1. The van der Waals surface area contributed by atoms with E-state index in [9.17, 15) is 4.79 Å². The third kappa shape index (κ3) is 4.81. The number of methoxy groups -OCH3 is 1. The van der Waals surface area contributed by atoms with Gasteiger partial charge in [-0.3, -0.25) is 9.89 Å².